The van der Waals surface area contributed by atoms with Crippen LogP contribution in [0.4, 0.5) is 0 Å². The van der Waals surface area contributed by atoms with Crippen LogP contribution >= 0.6 is 0 Å². The van der Waals surface area contributed by atoms with E-state index in [1.807, 2.05) is 54.6 Å². The lowest BCUT2D eigenvalue weighted by molar-refractivity contribution is -0.145. The SMILES string of the molecule is COC(=O)[C@H](Cc1ccc(OCc2ccccc2)cc1)NC(=O)CC1CCN(S(=O)(=O)c2cccnc2)CC1. The van der Waals surface area contributed by atoms with Gasteiger partial charge in [0, 0.05) is 38.3 Å². The van der Waals surface area contributed by atoms with E-state index in [0.29, 0.717) is 38.3 Å². The Morgan fingerprint density at radius 2 is 1.72 bits per heavy atom. The second kappa shape index (κ2) is 13.3. The Labute approximate surface area is 229 Å². The maximum Gasteiger partial charge on any atom is 0.328 e. The van der Waals surface area contributed by atoms with Crippen LogP contribution < -0.4 is 10.1 Å². The molecule has 1 N–H and O–H groups in total. The first-order valence-electron chi connectivity index (χ1n) is 12.9. The molecule has 10 heteroatoms. The smallest absolute Gasteiger partial charge is 0.328 e. The van der Waals surface area contributed by atoms with Gasteiger partial charge in [0.05, 0.1) is 7.11 Å². The number of benzene rings is 2. The summed E-state index contributed by atoms with van der Waals surface area (Å²) in [6.07, 6.45) is 4.47. The number of nitrogens with zero attached hydrogens (tertiary/aromatic N) is 2. The van der Waals surface area contributed by atoms with Gasteiger partial charge in [0.2, 0.25) is 15.9 Å². The van der Waals surface area contributed by atoms with Crippen LogP contribution in [0.2, 0.25) is 0 Å². The molecule has 3 aromatic rings. The summed E-state index contributed by atoms with van der Waals surface area (Å²) >= 11 is 0. The first-order chi connectivity index (χ1) is 18.8. The zero-order chi connectivity index (χ0) is 27.7. The number of sulfonamides is 1. The van der Waals surface area contributed by atoms with Gasteiger partial charge in [-0.2, -0.15) is 4.31 Å². The summed E-state index contributed by atoms with van der Waals surface area (Å²) in [4.78, 5) is 29.3. The lowest BCUT2D eigenvalue weighted by atomic mass is 9.94. The van der Waals surface area contributed by atoms with Crippen molar-refractivity contribution in [2.75, 3.05) is 20.2 Å². The van der Waals surface area contributed by atoms with Gasteiger partial charge >= 0.3 is 5.97 Å². The van der Waals surface area contributed by atoms with Gasteiger partial charge in [-0.15, -0.1) is 0 Å². The zero-order valence-corrected chi connectivity index (χ0v) is 22.7. The minimum absolute atomic E-state index is 0.0182. The van der Waals surface area contributed by atoms with Crippen LogP contribution in [-0.4, -0.2) is 55.8 Å². The van der Waals surface area contributed by atoms with Crippen LogP contribution in [0, 0.1) is 5.92 Å². The van der Waals surface area contributed by atoms with Crippen molar-refractivity contribution in [1.82, 2.24) is 14.6 Å². The second-order valence-electron chi connectivity index (χ2n) is 9.51. The molecule has 0 spiro atoms. The van der Waals surface area contributed by atoms with E-state index in [1.165, 1.54) is 29.9 Å². The number of hydrogen-bond acceptors (Lipinski definition) is 7. The highest BCUT2D eigenvalue weighted by molar-refractivity contribution is 7.89. The van der Waals surface area contributed by atoms with Crippen molar-refractivity contribution in [3.63, 3.8) is 0 Å². The molecule has 2 heterocycles. The van der Waals surface area contributed by atoms with Gasteiger partial charge in [0.1, 0.15) is 23.3 Å². The van der Waals surface area contributed by atoms with E-state index >= 15 is 0 Å². The van der Waals surface area contributed by atoms with Crippen molar-refractivity contribution < 1.29 is 27.5 Å². The van der Waals surface area contributed by atoms with Gasteiger partial charge in [0.25, 0.3) is 0 Å². The summed E-state index contributed by atoms with van der Waals surface area (Å²) in [5.41, 5.74) is 1.92. The fourth-order valence-corrected chi connectivity index (χ4v) is 5.99. The molecule has 9 nitrogen and oxygen atoms in total. The van der Waals surface area contributed by atoms with Crippen LogP contribution in [0.15, 0.2) is 84.0 Å². The molecule has 0 aliphatic carbocycles. The quantitative estimate of drug-likeness (QED) is 0.364. The first-order valence-corrected chi connectivity index (χ1v) is 14.3. The Morgan fingerprint density at radius 3 is 2.36 bits per heavy atom. The number of rotatable bonds is 11. The van der Waals surface area contributed by atoms with Crippen LogP contribution in [-0.2, 0) is 37.4 Å². The molecule has 1 aliphatic heterocycles. The Morgan fingerprint density at radius 1 is 1.00 bits per heavy atom. The maximum absolute atomic E-state index is 12.8. The molecular weight excluding hydrogens is 518 g/mol. The van der Waals surface area contributed by atoms with E-state index < -0.39 is 22.0 Å². The lowest BCUT2D eigenvalue weighted by Gasteiger charge is -2.31. The van der Waals surface area contributed by atoms with Crippen LogP contribution in [0.25, 0.3) is 0 Å². The number of pyridine rings is 1. The summed E-state index contributed by atoms with van der Waals surface area (Å²) < 4.78 is 37.8. The van der Waals surface area contributed by atoms with E-state index in [9.17, 15) is 18.0 Å². The standard InChI is InChI=1S/C29H33N3O6S/c1-37-29(34)27(18-22-9-11-25(12-10-22)38-21-24-6-3-2-4-7-24)31-28(33)19-23-13-16-32(17-14-23)39(35,36)26-8-5-15-30-20-26/h2-12,15,20,23,27H,13-14,16-19,21H2,1H3,(H,31,33)/t27-/m0/s1. The molecule has 0 unspecified atom stereocenters. The molecule has 2 aromatic carbocycles. The average Bonchev–Trinajstić information content (AvgIpc) is 2.97. The van der Waals surface area contributed by atoms with Crippen molar-refractivity contribution in [2.45, 2.75) is 43.2 Å². The average molecular weight is 552 g/mol. The Balaban J connectivity index is 1.27. The summed E-state index contributed by atoms with van der Waals surface area (Å²) in [6.45, 7) is 1.11. The highest BCUT2D eigenvalue weighted by atomic mass is 32.2. The van der Waals surface area contributed by atoms with E-state index in [1.54, 1.807) is 6.07 Å². The molecule has 0 radical (unpaired) electrons. The number of carbonyl (C=O) groups excluding carboxylic acids is 2. The number of ether oxygens (including phenoxy) is 2. The Kier molecular flexibility index (Phi) is 9.67. The maximum atomic E-state index is 12.8. The minimum atomic E-state index is -3.60. The fraction of sp³-hybridized carbons (Fsp3) is 0.345. The minimum Gasteiger partial charge on any atom is -0.489 e. The molecule has 1 amide bonds. The summed E-state index contributed by atoms with van der Waals surface area (Å²) in [5.74, 6) is -0.0604. The zero-order valence-electron chi connectivity index (χ0n) is 21.9. The van der Waals surface area contributed by atoms with Crippen molar-refractivity contribution in [3.05, 3.63) is 90.3 Å². The van der Waals surface area contributed by atoms with E-state index in [-0.39, 0.29) is 29.6 Å². The molecule has 1 fully saturated rings. The number of nitrogens with one attached hydrogen (secondary N) is 1. The van der Waals surface area contributed by atoms with Crippen LogP contribution in [0.5, 0.6) is 5.75 Å². The molecule has 1 aromatic heterocycles. The van der Waals surface area contributed by atoms with Gasteiger partial charge in [-0.3, -0.25) is 9.78 Å². The molecule has 0 saturated carbocycles. The van der Waals surface area contributed by atoms with E-state index in [2.05, 4.69) is 10.3 Å². The summed E-state index contributed by atoms with van der Waals surface area (Å²) in [6, 6.07) is 19.5. The molecule has 1 atom stereocenters. The predicted octanol–water partition coefficient (Wildman–Crippen LogP) is 3.35. The Hall–Kier alpha value is -3.76. The van der Waals surface area contributed by atoms with Gasteiger partial charge in [-0.25, -0.2) is 13.2 Å². The van der Waals surface area contributed by atoms with E-state index in [0.717, 1.165) is 11.1 Å². The third-order valence-electron chi connectivity index (χ3n) is 6.75. The van der Waals surface area contributed by atoms with Gasteiger partial charge < -0.3 is 14.8 Å². The molecular formula is C29H33N3O6S. The largest absolute Gasteiger partial charge is 0.489 e. The summed E-state index contributed by atoms with van der Waals surface area (Å²) in [5, 5.41) is 2.81. The first kappa shape index (κ1) is 28.3. The van der Waals surface area contributed by atoms with Gasteiger partial charge in [0.15, 0.2) is 0 Å². The third kappa shape index (κ3) is 7.87. The highest BCUT2D eigenvalue weighted by Crippen LogP contribution is 2.25. The van der Waals surface area contributed by atoms with E-state index in [4.69, 9.17) is 9.47 Å². The number of carbonyl (C=O) groups is 2. The molecule has 4 rings (SSSR count). The van der Waals surface area contributed by atoms with Gasteiger partial charge in [-0.1, -0.05) is 42.5 Å². The predicted molar refractivity (Wildman–Crippen MR) is 145 cm³/mol. The lowest BCUT2D eigenvalue weighted by Crippen LogP contribution is -2.44. The molecule has 39 heavy (non-hydrogen) atoms. The van der Waals surface area contributed by atoms with Gasteiger partial charge in [-0.05, 0) is 54.2 Å². The molecule has 1 aliphatic rings. The molecule has 206 valence electrons. The fourth-order valence-electron chi connectivity index (χ4n) is 4.55. The second-order valence-corrected chi connectivity index (χ2v) is 11.4. The Bertz CT molecular complexity index is 1330. The van der Waals surface area contributed by atoms with Crippen molar-refractivity contribution >= 4 is 21.9 Å². The van der Waals surface area contributed by atoms with Crippen molar-refractivity contribution in [2.24, 2.45) is 5.92 Å². The number of esters is 1. The monoisotopic (exact) mass is 551 g/mol. The number of aromatic nitrogens is 1. The normalized spacial score (nSPS) is 15.3. The molecule has 1 saturated heterocycles. The van der Waals surface area contributed by atoms with Crippen molar-refractivity contribution in [3.8, 4) is 5.75 Å². The number of piperidine rings is 1. The highest BCUT2D eigenvalue weighted by Gasteiger charge is 2.31. The third-order valence-corrected chi connectivity index (χ3v) is 8.63. The number of hydrogen-bond donors (Lipinski definition) is 1. The number of amides is 1. The number of methoxy groups -OCH3 is 1. The summed E-state index contributed by atoms with van der Waals surface area (Å²) in [7, 11) is -2.31. The van der Waals surface area contributed by atoms with Crippen molar-refractivity contribution in [1.29, 1.82) is 0 Å². The van der Waals surface area contributed by atoms with Crippen LogP contribution in [0.1, 0.15) is 30.4 Å². The molecule has 0 bridgehead atoms. The van der Waals surface area contributed by atoms with Crippen LogP contribution in [0.3, 0.4) is 0 Å². The topological polar surface area (TPSA) is 115 Å².